The van der Waals surface area contributed by atoms with Crippen molar-refractivity contribution in [3.63, 3.8) is 0 Å². The fourth-order valence-electron chi connectivity index (χ4n) is 4.59. The van der Waals surface area contributed by atoms with Crippen LogP contribution in [-0.4, -0.2) is 58.5 Å². The fourth-order valence-corrected chi connectivity index (χ4v) is 6.46. The average molecular weight is 456 g/mol. The molecule has 2 saturated carbocycles. The zero-order valence-corrected chi connectivity index (χ0v) is 19.3. The third-order valence-corrected chi connectivity index (χ3v) is 8.18. The Labute approximate surface area is 187 Å². The normalized spacial score (nSPS) is 22.6. The lowest BCUT2D eigenvalue weighted by molar-refractivity contribution is -0.136. The topological polar surface area (TPSA) is 91.8 Å². The molecule has 0 aromatic carbocycles. The molecule has 0 spiro atoms. The van der Waals surface area contributed by atoms with Gasteiger partial charge in [-0.05, 0) is 44.4 Å². The summed E-state index contributed by atoms with van der Waals surface area (Å²) in [7, 11) is 1.76. The molecule has 2 N–H and O–H groups in total. The summed E-state index contributed by atoms with van der Waals surface area (Å²) in [5, 5.41) is 12.4. The Hall–Kier alpha value is -1.32. The van der Waals surface area contributed by atoms with Gasteiger partial charge in [-0.25, -0.2) is 9.78 Å². The number of carbonyl (C=O) groups excluding carboxylic acids is 1. The van der Waals surface area contributed by atoms with Gasteiger partial charge in [0.25, 0.3) is 0 Å². The van der Waals surface area contributed by atoms with E-state index in [1.165, 1.54) is 42.4 Å². The van der Waals surface area contributed by atoms with Crippen molar-refractivity contribution >= 4 is 40.2 Å². The van der Waals surface area contributed by atoms with E-state index in [9.17, 15) is 9.59 Å². The van der Waals surface area contributed by atoms with Crippen LogP contribution in [0.5, 0.6) is 0 Å². The number of nitrogens with one attached hydrogen (secondary N) is 1. The largest absolute Gasteiger partial charge is 0.481 e. The molecule has 0 aliphatic heterocycles. The monoisotopic (exact) mass is 455 g/mol. The van der Waals surface area contributed by atoms with Gasteiger partial charge in [0.2, 0.25) is 0 Å². The standard InChI is InChI=1S/C21H33N3O4S2/c1-28-14-15-7-9-17(10-8-15)24(16-5-3-2-4-6-16)21(27)23-20-22-13-19(30-20)29-12-11-18(25)26/h13,15-17H,2-12,14H2,1H3,(H,25,26)(H,22,23,27). The Morgan fingerprint density at radius 3 is 2.57 bits per heavy atom. The van der Waals surface area contributed by atoms with E-state index in [1.807, 2.05) is 0 Å². The minimum Gasteiger partial charge on any atom is -0.481 e. The summed E-state index contributed by atoms with van der Waals surface area (Å²) in [6.07, 6.45) is 11.9. The van der Waals surface area contributed by atoms with E-state index < -0.39 is 5.97 Å². The average Bonchev–Trinajstić information content (AvgIpc) is 3.17. The number of methoxy groups -OCH3 is 1. The first-order valence-electron chi connectivity index (χ1n) is 11.0. The summed E-state index contributed by atoms with van der Waals surface area (Å²) in [4.78, 5) is 30.4. The van der Waals surface area contributed by atoms with Gasteiger partial charge in [-0.2, -0.15) is 0 Å². The third-order valence-electron chi connectivity index (χ3n) is 6.07. The highest BCUT2D eigenvalue weighted by Crippen LogP contribution is 2.34. The summed E-state index contributed by atoms with van der Waals surface area (Å²) in [6.45, 7) is 0.809. The Bertz CT molecular complexity index is 686. The summed E-state index contributed by atoms with van der Waals surface area (Å²) in [5.74, 6) is 0.305. The van der Waals surface area contributed by atoms with Crippen molar-refractivity contribution in [2.24, 2.45) is 5.92 Å². The lowest BCUT2D eigenvalue weighted by Gasteiger charge is -2.42. The summed E-state index contributed by atoms with van der Waals surface area (Å²) >= 11 is 2.88. The van der Waals surface area contributed by atoms with Crippen LogP contribution in [0.15, 0.2) is 10.4 Å². The number of hydrogen-bond acceptors (Lipinski definition) is 6. The Balaban J connectivity index is 1.61. The molecular formula is C21H33N3O4S2. The van der Waals surface area contributed by atoms with E-state index >= 15 is 0 Å². The molecule has 0 atom stereocenters. The molecule has 30 heavy (non-hydrogen) atoms. The molecule has 2 aliphatic carbocycles. The minimum atomic E-state index is -0.802. The van der Waals surface area contributed by atoms with Crippen molar-refractivity contribution in [3.05, 3.63) is 6.20 Å². The van der Waals surface area contributed by atoms with E-state index in [1.54, 1.807) is 13.3 Å². The molecule has 1 aromatic rings. The van der Waals surface area contributed by atoms with Crippen molar-refractivity contribution < 1.29 is 19.4 Å². The highest BCUT2D eigenvalue weighted by Gasteiger charge is 2.34. The van der Waals surface area contributed by atoms with Gasteiger partial charge in [-0.3, -0.25) is 10.1 Å². The lowest BCUT2D eigenvalue weighted by atomic mass is 9.84. The molecule has 2 fully saturated rings. The molecule has 3 rings (SSSR count). The number of carboxylic acid groups (broad SMARTS) is 1. The van der Waals surface area contributed by atoms with E-state index in [2.05, 4.69) is 15.2 Å². The Morgan fingerprint density at radius 2 is 1.90 bits per heavy atom. The number of aromatic nitrogens is 1. The number of amides is 2. The van der Waals surface area contributed by atoms with Crippen molar-refractivity contribution in [1.82, 2.24) is 9.88 Å². The van der Waals surface area contributed by atoms with Gasteiger partial charge in [0.1, 0.15) is 0 Å². The molecule has 0 unspecified atom stereocenters. The number of thioether (sulfide) groups is 1. The zero-order chi connectivity index (χ0) is 21.3. The number of thiazole rings is 1. The number of hydrogen-bond donors (Lipinski definition) is 2. The SMILES string of the molecule is COCC1CCC(N(C(=O)Nc2ncc(SCCC(=O)O)s2)C2CCCCC2)CC1. The number of carboxylic acids is 1. The molecular weight excluding hydrogens is 422 g/mol. The number of rotatable bonds is 9. The van der Waals surface area contributed by atoms with Crippen molar-refractivity contribution in [2.75, 3.05) is 24.8 Å². The predicted molar refractivity (Wildman–Crippen MR) is 120 cm³/mol. The second-order valence-electron chi connectivity index (χ2n) is 8.24. The van der Waals surface area contributed by atoms with Crippen molar-refractivity contribution in [2.45, 2.75) is 80.5 Å². The van der Waals surface area contributed by atoms with Crippen LogP contribution in [0.3, 0.4) is 0 Å². The van der Waals surface area contributed by atoms with E-state index in [4.69, 9.17) is 9.84 Å². The quantitative estimate of drug-likeness (QED) is 0.505. The van der Waals surface area contributed by atoms with Crippen LogP contribution in [-0.2, 0) is 9.53 Å². The molecule has 9 heteroatoms. The molecule has 1 heterocycles. The molecule has 0 bridgehead atoms. The first-order chi connectivity index (χ1) is 14.6. The smallest absolute Gasteiger partial charge is 0.324 e. The highest BCUT2D eigenvalue weighted by atomic mass is 32.2. The van der Waals surface area contributed by atoms with Gasteiger partial charge < -0.3 is 14.7 Å². The van der Waals surface area contributed by atoms with Crippen LogP contribution in [0.2, 0.25) is 0 Å². The van der Waals surface area contributed by atoms with Crippen LogP contribution in [0.4, 0.5) is 9.93 Å². The van der Waals surface area contributed by atoms with E-state index in [0.717, 1.165) is 49.3 Å². The second kappa shape index (κ2) is 11.9. The summed E-state index contributed by atoms with van der Waals surface area (Å²) in [6, 6.07) is 0.561. The molecule has 1 aromatic heterocycles. The van der Waals surface area contributed by atoms with Crippen LogP contribution in [0.25, 0.3) is 0 Å². The third kappa shape index (κ3) is 6.85. The van der Waals surface area contributed by atoms with E-state index in [-0.39, 0.29) is 18.5 Å². The number of anilines is 1. The molecule has 168 valence electrons. The van der Waals surface area contributed by atoms with Crippen LogP contribution >= 0.6 is 23.1 Å². The maximum Gasteiger partial charge on any atom is 0.324 e. The lowest BCUT2D eigenvalue weighted by Crippen LogP contribution is -2.51. The second-order valence-corrected chi connectivity index (χ2v) is 10.7. The van der Waals surface area contributed by atoms with Crippen LogP contribution in [0, 0.1) is 5.92 Å². The number of nitrogens with zero attached hydrogens (tertiary/aromatic N) is 2. The molecule has 0 radical (unpaired) electrons. The Morgan fingerprint density at radius 1 is 1.20 bits per heavy atom. The van der Waals surface area contributed by atoms with Crippen molar-refractivity contribution in [1.29, 1.82) is 0 Å². The number of aliphatic carboxylic acids is 1. The van der Waals surface area contributed by atoms with Crippen LogP contribution < -0.4 is 5.32 Å². The number of urea groups is 1. The van der Waals surface area contributed by atoms with E-state index in [0.29, 0.717) is 22.8 Å². The maximum atomic E-state index is 13.3. The Kier molecular flexibility index (Phi) is 9.27. The molecule has 2 amide bonds. The molecule has 7 nitrogen and oxygen atoms in total. The fraction of sp³-hybridized carbons (Fsp3) is 0.762. The summed E-state index contributed by atoms with van der Waals surface area (Å²) < 4.78 is 6.26. The van der Waals surface area contributed by atoms with Gasteiger partial charge in [-0.15, -0.1) is 11.8 Å². The van der Waals surface area contributed by atoms with Gasteiger partial charge >= 0.3 is 12.0 Å². The zero-order valence-electron chi connectivity index (χ0n) is 17.7. The highest BCUT2D eigenvalue weighted by molar-refractivity contribution is 8.01. The van der Waals surface area contributed by atoms with Crippen molar-refractivity contribution in [3.8, 4) is 0 Å². The number of carbonyl (C=O) groups is 2. The predicted octanol–water partition coefficient (Wildman–Crippen LogP) is 5.08. The molecule has 0 saturated heterocycles. The first-order valence-corrected chi connectivity index (χ1v) is 12.8. The first kappa shape index (κ1) is 23.3. The van der Waals surface area contributed by atoms with Gasteiger partial charge in [-0.1, -0.05) is 30.6 Å². The summed E-state index contributed by atoms with van der Waals surface area (Å²) in [5.41, 5.74) is 0. The van der Waals surface area contributed by atoms with Gasteiger partial charge in [0.15, 0.2) is 5.13 Å². The van der Waals surface area contributed by atoms with Crippen LogP contribution in [0.1, 0.15) is 64.2 Å². The minimum absolute atomic E-state index is 0.0338. The van der Waals surface area contributed by atoms with Gasteiger partial charge in [0, 0.05) is 31.6 Å². The van der Waals surface area contributed by atoms with Gasteiger partial charge in [0.05, 0.1) is 16.8 Å². The maximum absolute atomic E-state index is 13.3. The molecule has 2 aliphatic rings. The number of ether oxygens (including phenoxy) is 1.